The smallest absolute Gasteiger partial charge is 0.376 e. The molecule has 2 amide bonds. The van der Waals surface area contributed by atoms with Crippen LogP contribution in [0, 0.1) is 0 Å². The lowest BCUT2D eigenvalue weighted by atomic mass is 10.2. The summed E-state index contributed by atoms with van der Waals surface area (Å²) in [6.07, 6.45) is 1.91. The first-order valence-corrected chi connectivity index (χ1v) is 7.98. The number of hydrogen-bond donors (Lipinski definition) is 1. The third kappa shape index (κ3) is 4.81. The molecule has 124 valence electrons. The number of hydrogen-bond acceptors (Lipinski definition) is 4. The molecule has 2 rings (SSSR count). The molecule has 1 heterocycles. The van der Waals surface area contributed by atoms with Crippen molar-refractivity contribution in [3.63, 3.8) is 0 Å². The van der Waals surface area contributed by atoms with Gasteiger partial charge < -0.3 is 10.1 Å². The number of carbonyl (C=O) groups is 3. The van der Waals surface area contributed by atoms with E-state index in [1.807, 2.05) is 31.2 Å². The summed E-state index contributed by atoms with van der Waals surface area (Å²) < 4.78 is 4.84. The third-order valence-electron chi connectivity index (χ3n) is 3.72. The van der Waals surface area contributed by atoms with Gasteiger partial charge in [-0.3, -0.25) is 14.5 Å². The normalized spacial score (nSPS) is 12.7. The van der Waals surface area contributed by atoms with Gasteiger partial charge in [0.25, 0.3) is 0 Å². The van der Waals surface area contributed by atoms with Crippen LogP contribution in [0.25, 0.3) is 0 Å². The predicted octanol–water partition coefficient (Wildman–Crippen LogP) is 2.41. The molecule has 1 aliphatic rings. The number of carbonyl (C=O) groups excluding carboxylic acids is 3. The molecule has 1 aromatic rings. The molecule has 0 saturated carbocycles. The summed E-state index contributed by atoms with van der Waals surface area (Å²) in [6, 6.07) is 7.53. The number of ether oxygens (including phenoxy) is 1. The van der Waals surface area contributed by atoms with E-state index in [0.29, 0.717) is 13.1 Å². The summed E-state index contributed by atoms with van der Waals surface area (Å²) in [5.74, 6) is -0.876. The number of benzene rings is 1. The van der Waals surface area contributed by atoms with Gasteiger partial charge in [0, 0.05) is 19.5 Å². The van der Waals surface area contributed by atoms with Crippen LogP contribution in [0.1, 0.15) is 38.2 Å². The highest BCUT2D eigenvalue weighted by Gasteiger charge is 2.27. The Morgan fingerprint density at radius 1 is 1.22 bits per heavy atom. The SMILES string of the molecule is CCCCNC(=O)CCC(=O)OC(=O)N1CCc2ccccc21. The van der Waals surface area contributed by atoms with Gasteiger partial charge in [0.05, 0.1) is 12.1 Å². The quantitative estimate of drug-likeness (QED) is 0.496. The first-order valence-electron chi connectivity index (χ1n) is 7.98. The highest BCUT2D eigenvalue weighted by molar-refractivity contribution is 5.97. The van der Waals surface area contributed by atoms with E-state index in [1.54, 1.807) is 0 Å². The van der Waals surface area contributed by atoms with Crippen molar-refractivity contribution in [1.29, 1.82) is 0 Å². The lowest BCUT2D eigenvalue weighted by Gasteiger charge is -2.15. The maximum Gasteiger partial charge on any atom is 0.422 e. The zero-order valence-corrected chi connectivity index (χ0v) is 13.3. The molecular weight excluding hydrogens is 296 g/mol. The summed E-state index contributed by atoms with van der Waals surface area (Å²) in [7, 11) is 0. The van der Waals surface area contributed by atoms with Crippen molar-refractivity contribution >= 4 is 23.7 Å². The number of nitrogens with one attached hydrogen (secondary N) is 1. The Kier molecular flexibility index (Phi) is 6.14. The van der Waals surface area contributed by atoms with Crippen LogP contribution >= 0.6 is 0 Å². The number of para-hydroxylation sites is 1. The van der Waals surface area contributed by atoms with E-state index in [-0.39, 0.29) is 18.7 Å². The monoisotopic (exact) mass is 318 g/mol. The lowest BCUT2D eigenvalue weighted by molar-refractivity contribution is -0.138. The van der Waals surface area contributed by atoms with Crippen molar-refractivity contribution in [2.75, 3.05) is 18.0 Å². The molecule has 0 spiro atoms. The standard InChI is InChI=1S/C17H22N2O4/c1-2-3-11-18-15(20)8-9-16(21)23-17(22)19-12-10-13-6-4-5-7-14(13)19/h4-7H,2-3,8-12H2,1H3,(H,18,20). The fraction of sp³-hybridized carbons (Fsp3) is 0.471. The number of unbranched alkanes of at least 4 members (excludes halogenated alkanes) is 1. The molecular formula is C17H22N2O4. The van der Waals surface area contributed by atoms with E-state index in [1.165, 1.54) is 4.90 Å². The number of amides is 2. The molecule has 6 nitrogen and oxygen atoms in total. The van der Waals surface area contributed by atoms with Crippen LogP contribution in [0.4, 0.5) is 10.5 Å². The van der Waals surface area contributed by atoms with E-state index in [0.717, 1.165) is 30.5 Å². The van der Waals surface area contributed by atoms with Crippen molar-refractivity contribution in [2.24, 2.45) is 0 Å². The van der Waals surface area contributed by atoms with Crippen LogP contribution in [-0.4, -0.2) is 31.1 Å². The average Bonchev–Trinajstić information content (AvgIpc) is 2.97. The van der Waals surface area contributed by atoms with Crippen molar-refractivity contribution in [3.05, 3.63) is 29.8 Å². The summed E-state index contributed by atoms with van der Waals surface area (Å²) >= 11 is 0. The van der Waals surface area contributed by atoms with Crippen LogP contribution in [0.5, 0.6) is 0 Å². The van der Waals surface area contributed by atoms with Crippen molar-refractivity contribution in [2.45, 2.75) is 39.0 Å². The fourth-order valence-corrected chi connectivity index (χ4v) is 2.44. The van der Waals surface area contributed by atoms with E-state index < -0.39 is 12.1 Å². The Balaban J connectivity index is 1.75. The van der Waals surface area contributed by atoms with Gasteiger partial charge in [-0.25, -0.2) is 4.79 Å². The van der Waals surface area contributed by atoms with Crippen LogP contribution in [0.2, 0.25) is 0 Å². The van der Waals surface area contributed by atoms with Gasteiger partial charge >= 0.3 is 12.1 Å². The van der Waals surface area contributed by atoms with Crippen LogP contribution in [0.3, 0.4) is 0 Å². The first kappa shape index (κ1) is 17.0. The predicted molar refractivity (Wildman–Crippen MR) is 86.1 cm³/mol. The highest BCUT2D eigenvalue weighted by atomic mass is 16.6. The minimum absolute atomic E-state index is 0.0341. The van der Waals surface area contributed by atoms with Gasteiger partial charge in [-0.15, -0.1) is 0 Å². The van der Waals surface area contributed by atoms with Crippen LogP contribution in [0.15, 0.2) is 24.3 Å². The topological polar surface area (TPSA) is 75.7 Å². The summed E-state index contributed by atoms with van der Waals surface area (Å²) in [6.45, 7) is 3.14. The Morgan fingerprint density at radius 2 is 2.00 bits per heavy atom. The van der Waals surface area contributed by atoms with Crippen LogP contribution < -0.4 is 10.2 Å². The summed E-state index contributed by atoms with van der Waals surface area (Å²) in [5, 5.41) is 2.72. The Bertz CT molecular complexity index is 586. The van der Waals surface area contributed by atoms with Gasteiger partial charge in [0.15, 0.2) is 0 Å². The molecule has 0 unspecified atom stereocenters. The highest BCUT2D eigenvalue weighted by Crippen LogP contribution is 2.27. The third-order valence-corrected chi connectivity index (χ3v) is 3.72. The zero-order chi connectivity index (χ0) is 16.7. The van der Waals surface area contributed by atoms with Gasteiger partial charge in [-0.1, -0.05) is 31.5 Å². The molecule has 6 heteroatoms. The van der Waals surface area contributed by atoms with Crippen molar-refractivity contribution < 1.29 is 19.1 Å². The largest absolute Gasteiger partial charge is 0.422 e. The second kappa shape index (κ2) is 8.31. The van der Waals surface area contributed by atoms with Crippen LogP contribution in [-0.2, 0) is 20.7 Å². The van der Waals surface area contributed by atoms with Gasteiger partial charge in [-0.05, 0) is 24.5 Å². The molecule has 1 aromatic carbocycles. The molecule has 0 aromatic heterocycles. The maximum atomic E-state index is 12.1. The molecule has 0 saturated heterocycles. The van der Waals surface area contributed by atoms with E-state index in [9.17, 15) is 14.4 Å². The lowest BCUT2D eigenvalue weighted by Crippen LogP contribution is -2.32. The molecule has 1 N–H and O–H groups in total. The number of anilines is 1. The van der Waals surface area contributed by atoms with Crippen molar-refractivity contribution in [3.8, 4) is 0 Å². The second-order valence-electron chi connectivity index (χ2n) is 5.47. The van der Waals surface area contributed by atoms with E-state index >= 15 is 0 Å². The first-order chi connectivity index (χ1) is 11.1. The summed E-state index contributed by atoms with van der Waals surface area (Å²) in [4.78, 5) is 36.7. The minimum Gasteiger partial charge on any atom is -0.376 e. The number of fused-ring (bicyclic) bond motifs is 1. The molecule has 23 heavy (non-hydrogen) atoms. The molecule has 0 fully saturated rings. The molecule has 0 bridgehead atoms. The molecule has 0 aliphatic carbocycles. The summed E-state index contributed by atoms with van der Waals surface area (Å²) in [5.41, 5.74) is 1.84. The Labute approximate surface area is 135 Å². The fourth-order valence-electron chi connectivity index (χ4n) is 2.44. The van der Waals surface area contributed by atoms with Gasteiger partial charge in [0.1, 0.15) is 0 Å². The van der Waals surface area contributed by atoms with Gasteiger partial charge in [0.2, 0.25) is 5.91 Å². The average molecular weight is 318 g/mol. The Hall–Kier alpha value is -2.37. The maximum absolute atomic E-state index is 12.1. The van der Waals surface area contributed by atoms with E-state index in [4.69, 9.17) is 4.74 Å². The van der Waals surface area contributed by atoms with Crippen molar-refractivity contribution in [1.82, 2.24) is 5.32 Å². The number of rotatable bonds is 6. The minimum atomic E-state index is -0.676. The Morgan fingerprint density at radius 3 is 2.78 bits per heavy atom. The van der Waals surface area contributed by atoms with E-state index in [2.05, 4.69) is 5.32 Å². The van der Waals surface area contributed by atoms with Gasteiger partial charge in [-0.2, -0.15) is 0 Å². The number of esters is 1. The molecule has 0 radical (unpaired) electrons. The zero-order valence-electron chi connectivity index (χ0n) is 13.3. The second-order valence-corrected chi connectivity index (χ2v) is 5.47. The molecule has 1 aliphatic heterocycles. The molecule has 0 atom stereocenters. The number of nitrogens with zero attached hydrogens (tertiary/aromatic N) is 1.